The maximum Gasteiger partial charge on any atom is 0.175 e. The first-order chi connectivity index (χ1) is 20.6. The van der Waals surface area contributed by atoms with Gasteiger partial charge in [-0.05, 0) is 6.07 Å². The lowest BCUT2D eigenvalue weighted by molar-refractivity contribution is 0.399. The normalized spacial score (nSPS) is 12.0. The van der Waals surface area contributed by atoms with Gasteiger partial charge < -0.3 is 4.98 Å². The summed E-state index contributed by atoms with van der Waals surface area (Å²) in [6.07, 6.45) is 0. The third-order valence-electron chi connectivity index (χ3n) is 7.62. The summed E-state index contributed by atoms with van der Waals surface area (Å²) < 4.78 is 31.5. The molecular formula is C32H16F2N8. The van der Waals surface area contributed by atoms with Gasteiger partial charge in [0.2, 0.25) is 0 Å². The molecule has 198 valence electrons. The minimum absolute atomic E-state index is 0.0469. The first-order valence-corrected chi connectivity index (χ1v) is 13.2. The second-order valence-electron chi connectivity index (χ2n) is 10.0. The number of nitrogens with one attached hydrogen (secondary N) is 1. The van der Waals surface area contributed by atoms with Crippen molar-refractivity contribution in [2.75, 3.05) is 0 Å². The van der Waals surface area contributed by atoms with Crippen LogP contribution in [0.4, 0.5) is 8.87 Å². The summed E-state index contributed by atoms with van der Waals surface area (Å²) in [4.78, 5) is 32.1. The van der Waals surface area contributed by atoms with Gasteiger partial charge >= 0.3 is 0 Å². The zero-order valence-corrected chi connectivity index (χ0v) is 21.5. The van der Waals surface area contributed by atoms with Crippen LogP contribution in [-0.2, 0) is 0 Å². The van der Waals surface area contributed by atoms with Crippen molar-refractivity contribution in [2.45, 2.75) is 0 Å². The molecule has 0 atom stereocenters. The number of H-pyrrole nitrogens is 1. The van der Waals surface area contributed by atoms with Crippen LogP contribution < -0.4 is 0 Å². The van der Waals surface area contributed by atoms with Gasteiger partial charge in [-0.2, -0.15) is 0 Å². The first kappa shape index (κ1) is 22.9. The molecule has 0 unspecified atom stereocenters. The van der Waals surface area contributed by atoms with E-state index in [1.807, 2.05) is 60.7 Å². The Kier molecular flexibility index (Phi) is 4.52. The molecular weight excluding hydrogens is 534 g/mol. The standard InChI is InChI=1S/C32H16F2N8/c33-23-15-7-14-22-24(23)30-38-26-17-9-2-4-11-19(17)28(36-26)41-32-21-13-6-5-12-20(21)31(42(32)34)40-27-18-10-3-1-8-16(18)25(35-27)37-29(22)39-30/h1-15H,(H,35,36,37,38,39,40,41). The Hall–Kier alpha value is -5.90. The molecule has 0 radical (unpaired) electrons. The van der Waals surface area contributed by atoms with Gasteiger partial charge in [0.25, 0.3) is 0 Å². The van der Waals surface area contributed by atoms with Gasteiger partial charge in [0.1, 0.15) is 17.1 Å². The van der Waals surface area contributed by atoms with E-state index in [0.717, 1.165) is 5.56 Å². The fourth-order valence-electron chi connectivity index (χ4n) is 5.71. The Morgan fingerprint density at radius 1 is 0.476 bits per heavy atom. The molecule has 4 aromatic carbocycles. The number of fused-ring (bicyclic) bond motifs is 20. The van der Waals surface area contributed by atoms with Crippen LogP contribution in [0, 0.1) is 5.82 Å². The predicted octanol–water partition coefficient (Wildman–Crippen LogP) is 7.21. The van der Waals surface area contributed by atoms with E-state index in [1.165, 1.54) is 6.07 Å². The van der Waals surface area contributed by atoms with Crippen LogP contribution in [-0.4, -0.2) is 39.7 Å². The Bertz CT molecular complexity index is 2460. The molecule has 1 N–H and O–H groups in total. The van der Waals surface area contributed by atoms with E-state index in [1.54, 1.807) is 24.3 Å². The fourth-order valence-corrected chi connectivity index (χ4v) is 5.71. The SMILES string of the molecule is Fc1cccc2c3nc4nc(nc5c6ccccc6c(nc6nc(nc([nH]3)c12)-c1ccccc1-6)n5F)-c1ccccc1-4. The van der Waals surface area contributed by atoms with E-state index in [4.69, 9.17) is 29.9 Å². The number of hydrogen-bond donors (Lipinski definition) is 1. The molecule has 5 heterocycles. The summed E-state index contributed by atoms with van der Waals surface area (Å²) in [6.45, 7) is 0. The number of halogens is 2. The van der Waals surface area contributed by atoms with Gasteiger partial charge in [-0.1, -0.05) is 89.4 Å². The van der Waals surface area contributed by atoms with Crippen molar-refractivity contribution in [3.05, 3.63) is 96.8 Å². The quantitative estimate of drug-likeness (QED) is 0.214. The summed E-state index contributed by atoms with van der Waals surface area (Å²) in [7, 11) is 0. The first-order valence-electron chi connectivity index (χ1n) is 13.2. The lowest BCUT2D eigenvalue weighted by Crippen LogP contribution is -1.89. The van der Waals surface area contributed by atoms with Crippen LogP contribution in [0.3, 0.4) is 0 Å². The minimum Gasteiger partial charge on any atom is -0.324 e. The number of benzene rings is 4. The van der Waals surface area contributed by atoms with Gasteiger partial charge in [0.15, 0.2) is 34.6 Å². The predicted molar refractivity (Wildman–Crippen MR) is 156 cm³/mol. The molecule has 0 saturated carbocycles. The van der Waals surface area contributed by atoms with Crippen LogP contribution in [0.2, 0.25) is 0 Å². The number of hydrogen-bond acceptors (Lipinski definition) is 6. The molecule has 7 aromatic rings. The average Bonchev–Trinajstić information content (AvgIpc) is 3.72. The Balaban J connectivity index is 1.54. The molecule has 0 amide bonds. The maximum atomic E-state index is 16.2. The van der Waals surface area contributed by atoms with Crippen molar-refractivity contribution in [1.82, 2.24) is 39.7 Å². The molecule has 3 aromatic heterocycles. The van der Waals surface area contributed by atoms with Crippen LogP contribution in [0.1, 0.15) is 0 Å². The van der Waals surface area contributed by atoms with E-state index in [9.17, 15) is 0 Å². The molecule has 0 saturated heterocycles. The summed E-state index contributed by atoms with van der Waals surface area (Å²) in [5.41, 5.74) is 3.53. The second-order valence-corrected chi connectivity index (χ2v) is 10.0. The van der Waals surface area contributed by atoms with Gasteiger partial charge in [0, 0.05) is 38.4 Å². The molecule has 42 heavy (non-hydrogen) atoms. The Morgan fingerprint density at radius 2 is 0.929 bits per heavy atom. The topological polar surface area (TPSA) is 98.1 Å². The van der Waals surface area contributed by atoms with Crippen LogP contribution >= 0.6 is 0 Å². The monoisotopic (exact) mass is 550 g/mol. The Labute approximate surface area is 235 Å². The van der Waals surface area contributed by atoms with E-state index >= 15 is 8.87 Å². The third-order valence-corrected chi connectivity index (χ3v) is 7.62. The summed E-state index contributed by atoms with van der Waals surface area (Å²) in [6, 6.07) is 26.9. The molecule has 2 aliphatic heterocycles. The van der Waals surface area contributed by atoms with Gasteiger partial charge in [-0.15, -0.1) is 4.79 Å². The highest BCUT2D eigenvalue weighted by Crippen LogP contribution is 2.37. The van der Waals surface area contributed by atoms with Crippen molar-refractivity contribution >= 4 is 44.1 Å². The van der Waals surface area contributed by atoms with E-state index in [-0.39, 0.29) is 28.2 Å². The van der Waals surface area contributed by atoms with Gasteiger partial charge in [-0.3, -0.25) is 0 Å². The van der Waals surface area contributed by atoms with Crippen LogP contribution in [0.25, 0.3) is 89.7 Å². The summed E-state index contributed by atoms with van der Waals surface area (Å²) in [5.74, 6) is 0.815. The molecule has 0 aliphatic carbocycles. The highest BCUT2D eigenvalue weighted by Gasteiger charge is 2.23. The third kappa shape index (κ3) is 3.14. The summed E-state index contributed by atoms with van der Waals surface area (Å²) >= 11 is 0. The number of aromatic nitrogens is 8. The highest BCUT2D eigenvalue weighted by atomic mass is 19.2. The minimum atomic E-state index is -0.451. The molecule has 8 nitrogen and oxygen atoms in total. The van der Waals surface area contributed by atoms with Crippen LogP contribution in [0.15, 0.2) is 91.0 Å². The molecule has 0 spiro atoms. The largest absolute Gasteiger partial charge is 0.324 e. The number of aromatic amines is 1. The highest BCUT2D eigenvalue weighted by molar-refractivity contribution is 6.06. The zero-order valence-electron chi connectivity index (χ0n) is 21.5. The lowest BCUT2D eigenvalue weighted by atomic mass is 10.1. The van der Waals surface area contributed by atoms with Crippen molar-refractivity contribution in [1.29, 1.82) is 0 Å². The molecule has 9 rings (SSSR count). The lowest BCUT2D eigenvalue weighted by Gasteiger charge is -1.97. The molecule has 2 aliphatic rings. The second kappa shape index (κ2) is 8.31. The molecule has 8 bridgehead atoms. The van der Waals surface area contributed by atoms with E-state index in [0.29, 0.717) is 60.8 Å². The van der Waals surface area contributed by atoms with Gasteiger partial charge in [0.05, 0.1) is 5.39 Å². The Morgan fingerprint density at radius 3 is 1.48 bits per heavy atom. The number of nitrogens with zero attached hydrogens (tertiary/aromatic N) is 7. The summed E-state index contributed by atoms with van der Waals surface area (Å²) in [5, 5.41) is 1.96. The maximum absolute atomic E-state index is 16.2. The van der Waals surface area contributed by atoms with Gasteiger partial charge in [-0.25, -0.2) is 34.3 Å². The smallest absolute Gasteiger partial charge is 0.175 e. The van der Waals surface area contributed by atoms with Crippen molar-refractivity contribution in [3.63, 3.8) is 0 Å². The van der Waals surface area contributed by atoms with Crippen molar-refractivity contribution in [3.8, 4) is 45.6 Å². The van der Waals surface area contributed by atoms with E-state index < -0.39 is 5.82 Å². The molecule has 0 fully saturated rings. The van der Waals surface area contributed by atoms with Crippen molar-refractivity contribution < 1.29 is 8.87 Å². The fraction of sp³-hybridized carbons (Fsp3) is 0. The van der Waals surface area contributed by atoms with E-state index in [2.05, 4.69) is 4.98 Å². The number of rotatable bonds is 0. The van der Waals surface area contributed by atoms with Crippen LogP contribution in [0.5, 0.6) is 0 Å². The molecule has 10 heteroatoms. The zero-order chi connectivity index (χ0) is 27.9. The van der Waals surface area contributed by atoms with Crippen molar-refractivity contribution in [2.24, 2.45) is 0 Å². The average molecular weight is 551 g/mol.